The maximum atomic E-state index is 10.4. The zero-order chi connectivity index (χ0) is 6.15. The molecule has 1 N–H and O–H groups in total. The Balaban J connectivity index is 2.56. The van der Waals surface area contributed by atoms with Crippen LogP contribution in [0, 0.1) is 0 Å². The molecule has 0 aromatic rings. The van der Waals surface area contributed by atoms with Gasteiger partial charge in [0.05, 0.1) is 0 Å². The lowest BCUT2D eigenvalue weighted by molar-refractivity contribution is -0.118. The van der Waals surface area contributed by atoms with Gasteiger partial charge in [-0.25, -0.2) is 0 Å². The van der Waals surface area contributed by atoms with Crippen LogP contribution in [0.3, 0.4) is 0 Å². The van der Waals surface area contributed by atoms with Gasteiger partial charge in [0.25, 0.3) is 0 Å². The van der Waals surface area contributed by atoms with Crippen LogP contribution >= 0.6 is 35.1 Å². The van der Waals surface area contributed by atoms with Crippen LogP contribution in [-0.4, -0.2) is 16.0 Å². The lowest BCUT2D eigenvalue weighted by Crippen LogP contribution is -2.19. The second-order valence-corrected chi connectivity index (χ2v) is 3.48. The van der Waals surface area contributed by atoms with Crippen molar-refractivity contribution in [1.82, 2.24) is 4.72 Å². The predicted molar refractivity (Wildman–Crippen MR) is 35.0 cm³/mol. The Kier molecular flexibility index (Phi) is 1.90. The van der Waals surface area contributed by atoms with Crippen molar-refractivity contribution in [2.24, 2.45) is 0 Å². The highest BCUT2D eigenvalue weighted by molar-refractivity contribution is 8.00. The summed E-state index contributed by atoms with van der Waals surface area (Å²) in [6.45, 7) is 0. The van der Waals surface area contributed by atoms with Crippen molar-refractivity contribution >= 4 is 41.1 Å². The van der Waals surface area contributed by atoms with Crippen molar-refractivity contribution in [2.75, 3.05) is 0 Å². The molecule has 8 heavy (non-hydrogen) atoms. The molecule has 46 valence electrons. The average molecular weight is 172 g/mol. The number of carbonyl (C=O) groups excluding carboxylic acids is 1. The van der Waals surface area contributed by atoms with Gasteiger partial charge in [0.2, 0.25) is 5.91 Å². The number of halogens is 2. The molecule has 5 heteroatoms. The summed E-state index contributed by atoms with van der Waals surface area (Å²) >= 11 is 12.1. The molecule has 2 atom stereocenters. The summed E-state index contributed by atoms with van der Waals surface area (Å²) in [6.07, 6.45) is 0. The molecule has 0 aromatic heterocycles. The molecule has 2 nitrogen and oxygen atoms in total. The van der Waals surface area contributed by atoms with Gasteiger partial charge in [-0.05, 0) is 11.9 Å². The second kappa shape index (κ2) is 2.33. The maximum absolute atomic E-state index is 10.4. The van der Waals surface area contributed by atoms with Crippen LogP contribution in [0.15, 0.2) is 0 Å². The molecule has 2 unspecified atom stereocenters. The van der Waals surface area contributed by atoms with Gasteiger partial charge in [-0.15, -0.1) is 23.2 Å². The van der Waals surface area contributed by atoms with Crippen LogP contribution in [-0.2, 0) is 4.79 Å². The van der Waals surface area contributed by atoms with E-state index in [-0.39, 0.29) is 10.6 Å². The van der Waals surface area contributed by atoms with Crippen LogP contribution < -0.4 is 4.72 Å². The number of hydrogen-bond acceptors (Lipinski definition) is 2. The Morgan fingerprint density at radius 1 is 1.62 bits per heavy atom. The minimum absolute atomic E-state index is 0.198. The molecule has 0 bridgehead atoms. The Hall–Kier alpha value is 0.400. The molecule has 0 radical (unpaired) electrons. The Morgan fingerprint density at radius 3 is 2.38 bits per heavy atom. The normalized spacial score (nSPS) is 37.5. The minimum Gasteiger partial charge on any atom is -0.297 e. The summed E-state index contributed by atoms with van der Waals surface area (Å²) in [6, 6.07) is 0. The van der Waals surface area contributed by atoms with Gasteiger partial charge >= 0.3 is 0 Å². The van der Waals surface area contributed by atoms with E-state index in [4.69, 9.17) is 23.2 Å². The van der Waals surface area contributed by atoms with E-state index in [9.17, 15) is 4.79 Å². The van der Waals surface area contributed by atoms with Crippen LogP contribution in [0.4, 0.5) is 0 Å². The average Bonchev–Trinajstić information content (AvgIpc) is 1.98. The van der Waals surface area contributed by atoms with Crippen molar-refractivity contribution in [3.63, 3.8) is 0 Å². The largest absolute Gasteiger partial charge is 0.297 e. The van der Waals surface area contributed by atoms with E-state index < -0.39 is 5.38 Å². The van der Waals surface area contributed by atoms with Gasteiger partial charge in [0.15, 0.2) is 0 Å². The van der Waals surface area contributed by atoms with E-state index >= 15 is 0 Å². The molecule has 1 fully saturated rings. The lowest BCUT2D eigenvalue weighted by Gasteiger charge is -1.94. The van der Waals surface area contributed by atoms with Gasteiger partial charge in [-0.2, -0.15) is 0 Å². The molecule has 0 aliphatic carbocycles. The monoisotopic (exact) mass is 171 g/mol. The summed E-state index contributed by atoms with van der Waals surface area (Å²) in [7, 11) is 0. The molecule has 1 saturated heterocycles. The first kappa shape index (κ1) is 6.52. The van der Waals surface area contributed by atoms with Crippen molar-refractivity contribution in [3.8, 4) is 0 Å². The van der Waals surface area contributed by atoms with Gasteiger partial charge in [0, 0.05) is 0 Å². The minimum atomic E-state index is -0.568. The van der Waals surface area contributed by atoms with Crippen molar-refractivity contribution < 1.29 is 4.79 Å². The van der Waals surface area contributed by atoms with Gasteiger partial charge in [0.1, 0.15) is 10.1 Å². The van der Waals surface area contributed by atoms with E-state index in [2.05, 4.69) is 4.72 Å². The Bertz CT molecular complexity index is 120. The number of rotatable bonds is 0. The van der Waals surface area contributed by atoms with E-state index in [1.54, 1.807) is 0 Å². The third-order valence-electron chi connectivity index (χ3n) is 0.753. The SMILES string of the molecule is O=C1NSC(Cl)C1Cl. The maximum Gasteiger partial charge on any atom is 0.250 e. The molecule has 1 aliphatic heterocycles. The Morgan fingerprint density at radius 2 is 2.25 bits per heavy atom. The third kappa shape index (κ3) is 1.04. The van der Waals surface area contributed by atoms with Crippen LogP contribution in [0.5, 0.6) is 0 Å². The molecule has 1 rings (SSSR count). The molecule has 1 heterocycles. The summed E-state index contributed by atoms with van der Waals surface area (Å²) in [5.74, 6) is -0.198. The van der Waals surface area contributed by atoms with E-state index in [1.165, 1.54) is 0 Å². The van der Waals surface area contributed by atoms with Crippen LogP contribution in [0.1, 0.15) is 0 Å². The predicted octanol–water partition coefficient (Wildman–Crippen LogP) is 0.937. The molecule has 1 aliphatic rings. The number of nitrogens with one attached hydrogen (secondary N) is 1. The standard InChI is InChI=1S/C3H3Cl2NOS/c4-1-2(5)8-6-3(1)7/h1-2H,(H,6,7). The fourth-order valence-electron chi connectivity index (χ4n) is 0.349. The number of alkyl halides is 2. The first-order valence-electron chi connectivity index (χ1n) is 1.95. The third-order valence-corrected chi connectivity index (χ3v) is 2.82. The molecular formula is C3H3Cl2NOS. The van der Waals surface area contributed by atoms with Gasteiger partial charge in [-0.3, -0.25) is 9.52 Å². The summed E-state index contributed by atoms with van der Waals surface area (Å²) in [5.41, 5.74) is 0. The van der Waals surface area contributed by atoms with E-state index in [0.29, 0.717) is 0 Å². The highest BCUT2D eigenvalue weighted by Gasteiger charge is 2.32. The van der Waals surface area contributed by atoms with Crippen molar-refractivity contribution in [1.29, 1.82) is 0 Å². The summed E-state index contributed by atoms with van der Waals surface area (Å²) < 4.78 is 2.12. The van der Waals surface area contributed by atoms with Gasteiger partial charge in [-0.1, -0.05) is 0 Å². The highest BCUT2D eigenvalue weighted by Crippen LogP contribution is 2.26. The quantitative estimate of drug-likeness (QED) is 0.435. The Labute approximate surface area is 61.0 Å². The zero-order valence-electron chi connectivity index (χ0n) is 3.73. The molecule has 0 saturated carbocycles. The summed E-state index contributed by atoms with van der Waals surface area (Å²) in [5, 5.41) is -0.568. The number of amides is 1. The first-order chi connectivity index (χ1) is 3.72. The molecule has 1 amide bonds. The topological polar surface area (TPSA) is 29.1 Å². The number of hydrogen-bond donors (Lipinski definition) is 1. The van der Waals surface area contributed by atoms with Crippen LogP contribution in [0.2, 0.25) is 0 Å². The summed E-state index contributed by atoms with van der Waals surface area (Å²) in [4.78, 5) is 10.4. The van der Waals surface area contributed by atoms with Crippen molar-refractivity contribution in [2.45, 2.75) is 10.1 Å². The second-order valence-electron chi connectivity index (χ2n) is 1.34. The highest BCUT2D eigenvalue weighted by atomic mass is 35.5. The van der Waals surface area contributed by atoms with Gasteiger partial charge < -0.3 is 0 Å². The fourth-order valence-corrected chi connectivity index (χ4v) is 1.47. The smallest absolute Gasteiger partial charge is 0.250 e. The zero-order valence-corrected chi connectivity index (χ0v) is 6.06. The molecule has 0 aromatic carbocycles. The molecule has 0 spiro atoms. The molecular weight excluding hydrogens is 169 g/mol. The van der Waals surface area contributed by atoms with E-state index in [0.717, 1.165) is 11.9 Å². The number of carbonyl (C=O) groups is 1. The van der Waals surface area contributed by atoms with Crippen molar-refractivity contribution in [3.05, 3.63) is 0 Å². The van der Waals surface area contributed by atoms with E-state index in [1.807, 2.05) is 0 Å². The van der Waals surface area contributed by atoms with Crippen LogP contribution in [0.25, 0.3) is 0 Å². The first-order valence-corrected chi connectivity index (χ1v) is 3.70. The fraction of sp³-hybridized carbons (Fsp3) is 0.667. The lowest BCUT2D eigenvalue weighted by atomic mass is 10.5.